The maximum atomic E-state index is 12.1. The van der Waals surface area contributed by atoms with Gasteiger partial charge in [-0.15, -0.1) is 0 Å². The number of halogens is 1. The van der Waals surface area contributed by atoms with Gasteiger partial charge in [0.25, 0.3) is 5.91 Å². The van der Waals surface area contributed by atoms with Gasteiger partial charge in [0.1, 0.15) is 24.1 Å². The van der Waals surface area contributed by atoms with Crippen LogP contribution in [-0.2, 0) is 0 Å². The predicted octanol–water partition coefficient (Wildman–Crippen LogP) is 2.80. The van der Waals surface area contributed by atoms with E-state index in [1.54, 1.807) is 18.2 Å². The molecule has 1 aromatic carbocycles. The average Bonchev–Trinajstić information content (AvgIpc) is 2.56. The molecule has 124 valence electrons. The zero-order valence-corrected chi connectivity index (χ0v) is 14.2. The molecule has 0 aliphatic rings. The molecule has 0 saturated heterocycles. The number of carbonyl (C=O) groups is 1. The van der Waals surface area contributed by atoms with Crippen molar-refractivity contribution in [1.29, 1.82) is 5.26 Å². The Balaban J connectivity index is 2.00. The van der Waals surface area contributed by atoms with Crippen molar-refractivity contribution in [3.63, 3.8) is 0 Å². The highest BCUT2D eigenvalue weighted by Gasteiger charge is 2.10. The van der Waals surface area contributed by atoms with E-state index in [1.165, 1.54) is 18.3 Å². The van der Waals surface area contributed by atoms with Gasteiger partial charge in [0, 0.05) is 18.4 Å². The number of pyridine rings is 1. The lowest BCUT2D eigenvalue weighted by Crippen LogP contribution is -2.19. The number of hydrogen-bond acceptors (Lipinski definition) is 5. The van der Waals surface area contributed by atoms with Crippen molar-refractivity contribution in [2.75, 3.05) is 32.6 Å². The molecule has 0 radical (unpaired) electrons. The number of amides is 1. The highest BCUT2D eigenvalue weighted by Crippen LogP contribution is 2.27. The van der Waals surface area contributed by atoms with Crippen LogP contribution in [0, 0.1) is 11.3 Å². The molecule has 0 atom stereocenters. The van der Waals surface area contributed by atoms with E-state index in [2.05, 4.69) is 10.3 Å². The molecule has 0 spiro atoms. The van der Waals surface area contributed by atoms with Gasteiger partial charge < -0.3 is 15.0 Å². The Morgan fingerprint density at radius 2 is 2.17 bits per heavy atom. The molecule has 1 aromatic heterocycles. The molecule has 1 amide bonds. The summed E-state index contributed by atoms with van der Waals surface area (Å²) in [6.45, 7) is 1.30. The molecule has 1 heterocycles. The Hall–Kier alpha value is -2.62. The van der Waals surface area contributed by atoms with Crippen molar-refractivity contribution in [3.8, 4) is 11.8 Å². The number of anilines is 1. The summed E-state index contributed by atoms with van der Waals surface area (Å²) in [5.41, 5.74) is 1.15. The van der Waals surface area contributed by atoms with E-state index in [4.69, 9.17) is 21.6 Å². The molecule has 6 nitrogen and oxygen atoms in total. The van der Waals surface area contributed by atoms with Crippen LogP contribution in [0.2, 0.25) is 5.02 Å². The normalized spacial score (nSPS) is 10.3. The first-order valence-electron chi connectivity index (χ1n) is 7.24. The smallest absolute Gasteiger partial charge is 0.274 e. The summed E-state index contributed by atoms with van der Waals surface area (Å²) in [5, 5.41) is 11.9. The van der Waals surface area contributed by atoms with E-state index in [-0.39, 0.29) is 11.6 Å². The van der Waals surface area contributed by atoms with E-state index < -0.39 is 0 Å². The molecule has 0 fully saturated rings. The lowest BCUT2D eigenvalue weighted by atomic mass is 10.2. The predicted molar refractivity (Wildman–Crippen MR) is 92.4 cm³/mol. The first-order valence-corrected chi connectivity index (χ1v) is 7.62. The summed E-state index contributed by atoms with van der Waals surface area (Å²) in [4.78, 5) is 18.1. The molecular formula is C17H17ClN4O2. The third-order valence-electron chi connectivity index (χ3n) is 3.11. The van der Waals surface area contributed by atoms with Crippen molar-refractivity contribution in [2.45, 2.75) is 0 Å². The summed E-state index contributed by atoms with van der Waals surface area (Å²) >= 11 is 6.17. The molecule has 0 aliphatic heterocycles. The fourth-order valence-electron chi connectivity index (χ4n) is 1.82. The van der Waals surface area contributed by atoms with E-state index >= 15 is 0 Å². The fourth-order valence-corrected chi connectivity index (χ4v) is 2.06. The van der Waals surface area contributed by atoms with Crippen LogP contribution >= 0.6 is 11.6 Å². The number of nitriles is 1. The molecule has 2 aromatic rings. The summed E-state index contributed by atoms with van der Waals surface area (Å²) < 4.78 is 5.59. The Kier molecular flexibility index (Phi) is 6.13. The molecule has 0 aliphatic carbocycles. The highest BCUT2D eigenvalue weighted by molar-refractivity contribution is 6.32. The van der Waals surface area contributed by atoms with E-state index in [0.29, 0.717) is 28.6 Å². The van der Waals surface area contributed by atoms with Gasteiger partial charge in [-0.1, -0.05) is 11.6 Å². The number of rotatable bonds is 6. The van der Waals surface area contributed by atoms with Gasteiger partial charge in [-0.3, -0.25) is 4.79 Å². The lowest BCUT2D eigenvalue weighted by Gasteiger charge is -2.13. The topological polar surface area (TPSA) is 78.2 Å². The summed E-state index contributed by atoms with van der Waals surface area (Å²) in [5.74, 6) is 0.185. The Bertz CT molecular complexity index is 754. The fraction of sp³-hybridized carbons (Fsp3) is 0.235. The van der Waals surface area contributed by atoms with Crippen molar-refractivity contribution >= 4 is 23.2 Å². The number of aromatic nitrogens is 1. The number of likely N-dealkylation sites (N-methyl/N-ethyl adjacent to an activating group) is 1. The van der Waals surface area contributed by atoms with Crippen LogP contribution in [0.25, 0.3) is 0 Å². The molecule has 0 unspecified atom stereocenters. The van der Waals surface area contributed by atoms with Crippen LogP contribution in [0.1, 0.15) is 16.1 Å². The standard InChI is InChI=1S/C17H17ClN4O2/c1-22(2)7-8-24-16-6-4-13(9-14(16)18)21-17(23)15-5-3-12(10-19)11-20-15/h3-6,9,11H,7-8H2,1-2H3,(H,21,23). The summed E-state index contributed by atoms with van der Waals surface area (Å²) in [6.07, 6.45) is 1.35. The maximum absolute atomic E-state index is 12.1. The second-order valence-electron chi connectivity index (χ2n) is 5.29. The minimum absolute atomic E-state index is 0.219. The Morgan fingerprint density at radius 3 is 2.75 bits per heavy atom. The number of nitrogens with one attached hydrogen (secondary N) is 1. The molecule has 0 saturated carbocycles. The maximum Gasteiger partial charge on any atom is 0.274 e. The number of carbonyl (C=O) groups excluding carboxylic acids is 1. The number of hydrogen-bond donors (Lipinski definition) is 1. The first kappa shape index (κ1) is 17.7. The molecule has 7 heteroatoms. The molecule has 1 N–H and O–H groups in total. The Labute approximate surface area is 145 Å². The zero-order valence-electron chi connectivity index (χ0n) is 13.4. The van der Waals surface area contributed by atoms with Gasteiger partial charge in [0.15, 0.2) is 0 Å². The number of nitrogens with zero attached hydrogens (tertiary/aromatic N) is 3. The summed E-state index contributed by atoms with van der Waals surface area (Å²) in [7, 11) is 3.92. The van der Waals surface area contributed by atoms with Gasteiger partial charge in [-0.2, -0.15) is 5.26 Å². The van der Waals surface area contributed by atoms with Crippen LogP contribution in [-0.4, -0.2) is 43.0 Å². The number of ether oxygens (including phenoxy) is 1. The number of benzene rings is 1. The highest BCUT2D eigenvalue weighted by atomic mass is 35.5. The molecule has 2 rings (SSSR count). The van der Waals surface area contributed by atoms with E-state index in [0.717, 1.165) is 6.54 Å². The van der Waals surface area contributed by atoms with Crippen molar-refractivity contribution in [1.82, 2.24) is 9.88 Å². The van der Waals surface area contributed by atoms with Gasteiger partial charge in [-0.05, 0) is 44.4 Å². The third-order valence-corrected chi connectivity index (χ3v) is 3.41. The van der Waals surface area contributed by atoms with Crippen molar-refractivity contribution < 1.29 is 9.53 Å². The molecular weight excluding hydrogens is 328 g/mol. The van der Waals surface area contributed by atoms with Crippen LogP contribution in [0.4, 0.5) is 5.69 Å². The van der Waals surface area contributed by atoms with Crippen molar-refractivity contribution in [3.05, 3.63) is 52.8 Å². The van der Waals surface area contributed by atoms with Gasteiger partial charge in [0.2, 0.25) is 0 Å². The van der Waals surface area contributed by atoms with Gasteiger partial charge in [0.05, 0.1) is 10.6 Å². The first-order chi connectivity index (χ1) is 11.5. The van der Waals surface area contributed by atoms with E-state index in [9.17, 15) is 4.79 Å². The zero-order chi connectivity index (χ0) is 17.5. The van der Waals surface area contributed by atoms with Crippen LogP contribution < -0.4 is 10.1 Å². The van der Waals surface area contributed by atoms with Crippen LogP contribution in [0.3, 0.4) is 0 Å². The largest absolute Gasteiger partial charge is 0.491 e. The average molecular weight is 345 g/mol. The monoisotopic (exact) mass is 344 g/mol. The second kappa shape index (κ2) is 8.29. The van der Waals surface area contributed by atoms with Crippen LogP contribution in [0.5, 0.6) is 5.75 Å². The lowest BCUT2D eigenvalue weighted by molar-refractivity contribution is 0.102. The van der Waals surface area contributed by atoms with E-state index in [1.807, 2.05) is 25.1 Å². The SMILES string of the molecule is CN(C)CCOc1ccc(NC(=O)c2ccc(C#N)cn2)cc1Cl. The van der Waals surface area contributed by atoms with Gasteiger partial charge in [-0.25, -0.2) is 4.98 Å². The van der Waals surface area contributed by atoms with Gasteiger partial charge >= 0.3 is 0 Å². The second-order valence-corrected chi connectivity index (χ2v) is 5.70. The molecule has 24 heavy (non-hydrogen) atoms. The minimum Gasteiger partial charge on any atom is -0.491 e. The summed E-state index contributed by atoms with van der Waals surface area (Å²) in [6, 6.07) is 10.0. The minimum atomic E-state index is -0.378. The third kappa shape index (κ3) is 4.95. The molecule has 0 bridgehead atoms. The van der Waals surface area contributed by atoms with Crippen LogP contribution in [0.15, 0.2) is 36.5 Å². The van der Waals surface area contributed by atoms with Crippen molar-refractivity contribution in [2.24, 2.45) is 0 Å². The quantitative estimate of drug-likeness (QED) is 0.871. The Morgan fingerprint density at radius 1 is 1.38 bits per heavy atom.